The molecule has 37 heavy (non-hydrogen) atoms. The van der Waals surface area contributed by atoms with Crippen LogP contribution >= 0.6 is 11.3 Å². The quantitative estimate of drug-likeness (QED) is 0.233. The number of hydrogen-bond acceptors (Lipinski definition) is 11. The lowest BCUT2D eigenvalue weighted by Crippen LogP contribution is -2.35. The van der Waals surface area contributed by atoms with Crippen molar-refractivity contribution in [3.8, 4) is 22.1 Å². The van der Waals surface area contributed by atoms with Crippen molar-refractivity contribution in [2.24, 2.45) is 5.92 Å². The molecule has 0 amide bonds. The van der Waals surface area contributed by atoms with Gasteiger partial charge >= 0.3 is 0 Å². The van der Waals surface area contributed by atoms with Crippen molar-refractivity contribution < 1.29 is 24.8 Å². The Morgan fingerprint density at radius 2 is 1.84 bits per heavy atom. The molecule has 2 aromatic carbocycles. The van der Waals surface area contributed by atoms with E-state index in [9.17, 15) is 15.3 Å². The van der Waals surface area contributed by atoms with Gasteiger partial charge in [0, 0.05) is 18.6 Å². The van der Waals surface area contributed by atoms with Crippen molar-refractivity contribution in [2.45, 2.75) is 31.6 Å². The second-order valence-electron chi connectivity index (χ2n) is 8.94. The minimum atomic E-state index is -1.06. The fourth-order valence-corrected chi connectivity index (χ4v) is 5.68. The number of rotatable bonds is 8. The number of methoxy groups -OCH3 is 2. The van der Waals surface area contributed by atoms with Gasteiger partial charge in [0.1, 0.15) is 28.4 Å². The first-order valence-corrected chi connectivity index (χ1v) is 12.7. The van der Waals surface area contributed by atoms with Crippen molar-refractivity contribution in [3.63, 3.8) is 0 Å². The van der Waals surface area contributed by atoms with E-state index in [1.54, 1.807) is 26.4 Å². The third kappa shape index (κ3) is 4.90. The van der Waals surface area contributed by atoms with E-state index in [1.165, 1.54) is 11.3 Å². The molecule has 0 radical (unpaired) electrons. The van der Waals surface area contributed by atoms with E-state index in [0.29, 0.717) is 46.6 Å². The first-order chi connectivity index (χ1) is 17.9. The SMILES string of the molecule is COc1ccc(Nc2nc(C)c(-c3nc4ccccc4s3)c(N[C@@H]3C[C@H](CO)[C@@H](O)[C@H]3O)n2)c(OC)c1. The van der Waals surface area contributed by atoms with Crippen molar-refractivity contribution >= 4 is 39.0 Å². The summed E-state index contributed by atoms with van der Waals surface area (Å²) in [6.45, 7) is 1.66. The highest BCUT2D eigenvalue weighted by atomic mass is 32.1. The molecule has 1 fully saturated rings. The molecular formula is C26H29N5O5S. The second-order valence-corrected chi connectivity index (χ2v) is 9.98. The van der Waals surface area contributed by atoms with E-state index < -0.39 is 24.2 Å². The lowest BCUT2D eigenvalue weighted by molar-refractivity contribution is 0.00446. The zero-order valence-electron chi connectivity index (χ0n) is 20.7. The number of aromatic nitrogens is 3. The van der Waals surface area contributed by atoms with Crippen LogP contribution in [0.2, 0.25) is 0 Å². The average molecular weight is 524 g/mol. The molecule has 4 aromatic rings. The Labute approximate surface area is 218 Å². The van der Waals surface area contributed by atoms with Gasteiger partial charge in [-0.05, 0) is 37.6 Å². The monoisotopic (exact) mass is 523 g/mol. The Morgan fingerprint density at radius 3 is 2.54 bits per heavy atom. The predicted octanol–water partition coefficient (Wildman–Crippen LogP) is 3.34. The molecule has 2 heterocycles. The maximum atomic E-state index is 10.7. The largest absolute Gasteiger partial charge is 0.497 e. The summed E-state index contributed by atoms with van der Waals surface area (Å²) in [5, 5.41) is 37.9. The normalized spacial score (nSPS) is 21.2. The molecular weight excluding hydrogens is 494 g/mol. The molecule has 10 nitrogen and oxygen atoms in total. The smallest absolute Gasteiger partial charge is 0.229 e. The maximum absolute atomic E-state index is 10.7. The van der Waals surface area contributed by atoms with Gasteiger partial charge in [-0.25, -0.2) is 9.97 Å². The summed E-state index contributed by atoms with van der Waals surface area (Å²) in [6, 6.07) is 12.7. The molecule has 1 aliphatic rings. The Bertz CT molecular complexity index is 1380. The van der Waals surface area contributed by atoms with E-state index >= 15 is 0 Å². The molecule has 2 aromatic heterocycles. The van der Waals surface area contributed by atoms with Gasteiger partial charge < -0.3 is 35.4 Å². The summed E-state index contributed by atoms with van der Waals surface area (Å²) >= 11 is 1.53. The van der Waals surface area contributed by atoms with Crippen LogP contribution in [0, 0.1) is 12.8 Å². The zero-order valence-corrected chi connectivity index (χ0v) is 21.5. The van der Waals surface area contributed by atoms with Crippen LogP contribution in [0.25, 0.3) is 20.8 Å². The molecule has 0 saturated heterocycles. The van der Waals surface area contributed by atoms with Crippen LogP contribution in [0.3, 0.4) is 0 Å². The number of aryl methyl sites for hydroxylation is 1. The molecule has 0 unspecified atom stereocenters. The lowest BCUT2D eigenvalue weighted by Gasteiger charge is -2.21. The number of aliphatic hydroxyl groups excluding tert-OH is 3. The maximum Gasteiger partial charge on any atom is 0.229 e. The van der Waals surface area contributed by atoms with Crippen molar-refractivity contribution in [1.29, 1.82) is 0 Å². The first-order valence-electron chi connectivity index (χ1n) is 11.9. The van der Waals surface area contributed by atoms with Crippen molar-refractivity contribution in [2.75, 3.05) is 31.5 Å². The standard InChI is InChI=1S/C26H29N5O5S/c1-13-21(25-29-17-6-4-5-7-20(17)37-25)24(28-18-10-14(12-32)22(33)23(18)34)31-26(27-13)30-16-9-8-15(35-2)11-19(16)36-3/h4-9,11,14,18,22-23,32-34H,10,12H2,1-3H3,(H2,27,28,30,31)/t14-,18-,22-,23+/m1/s1. The van der Waals surface area contributed by atoms with E-state index in [4.69, 9.17) is 24.4 Å². The van der Waals surface area contributed by atoms with Crippen LogP contribution in [0.4, 0.5) is 17.5 Å². The molecule has 5 N–H and O–H groups in total. The topological polar surface area (TPSA) is 142 Å². The highest BCUT2D eigenvalue weighted by Crippen LogP contribution is 2.39. The number of anilines is 3. The minimum absolute atomic E-state index is 0.214. The predicted molar refractivity (Wildman–Crippen MR) is 143 cm³/mol. The number of aliphatic hydroxyl groups is 3. The molecule has 1 aliphatic carbocycles. The van der Waals surface area contributed by atoms with Crippen LogP contribution < -0.4 is 20.1 Å². The van der Waals surface area contributed by atoms with Crippen LogP contribution in [0.15, 0.2) is 42.5 Å². The van der Waals surface area contributed by atoms with Crippen molar-refractivity contribution in [1.82, 2.24) is 15.0 Å². The Morgan fingerprint density at radius 1 is 1.03 bits per heavy atom. The van der Waals surface area contributed by atoms with Gasteiger partial charge in [0.2, 0.25) is 5.95 Å². The molecule has 194 valence electrons. The molecule has 0 aliphatic heterocycles. The number of thiazole rings is 1. The number of benzene rings is 2. The Hall–Kier alpha value is -3.51. The average Bonchev–Trinajstić information content (AvgIpc) is 3.44. The van der Waals surface area contributed by atoms with Gasteiger partial charge in [-0.1, -0.05) is 12.1 Å². The van der Waals surface area contributed by atoms with Crippen molar-refractivity contribution in [3.05, 3.63) is 48.2 Å². The number of ether oxygens (including phenoxy) is 2. The number of fused-ring (bicyclic) bond motifs is 1. The molecule has 11 heteroatoms. The molecule has 5 rings (SSSR count). The Balaban J connectivity index is 1.56. The van der Waals surface area contributed by atoms with Crippen LogP contribution in [0.5, 0.6) is 11.5 Å². The van der Waals surface area contributed by atoms with Gasteiger partial charge in [0.15, 0.2) is 0 Å². The molecule has 1 saturated carbocycles. The number of para-hydroxylation sites is 1. The highest BCUT2D eigenvalue weighted by Gasteiger charge is 2.41. The van der Waals surface area contributed by atoms with Gasteiger partial charge in [-0.15, -0.1) is 11.3 Å². The highest BCUT2D eigenvalue weighted by molar-refractivity contribution is 7.21. The van der Waals surface area contributed by atoms with Gasteiger partial charge in [-0.3, -0.25) is 0 Å². The van der Waals surface area contributed by atoms with Crippen LogP contribution in [-0.2, 0) is 0 Å². The van der Waals surface area contributed by atoms with Gasteiger partial charge in [-0.2, -0.15) is 4.98 Å². The molecule has 4 atom stereocenters. The number of nitrogens with zero attached hydrogens (tertiary/aromatic N) is 3. The summed E-state index contributed by atoms with van der Waals surface area (Å²) in [5.41, 5.74) is 2.91. The zero-order chi connectivity index (χ0) is 26.1. The fourth-order valence-electron chi connectivity index (χ4n) is 4.62. The number of hydrogen-bond donors (Lipinski definition) is 5. The summed E-state index contributed by atoms with van der Waals surface area (Å²) in [6.07, 6.45) is -1.71. The molecule has 0 spiro atoms. The third-order valence-electron chi connectivity index (χ3n) is 6.61. The lowest BCUT2D eigenvalue weighted by atomic mass is 10.1. The molecule has 0 bridgehead atoms. The van der Waals surface area contributed by atoms with E-state index in [1.807, 2.05) is 37.3 Å². The van der Waals surface area contributed by atoms with E-state index in [-0.39, 0.29) is 6.61 Å². The fraction of sp³-hybridized carbons (Fsp3) is 0.346. The second kappa shape index (κ2) is 10.5. The van der Waals surface area contributed by atoms with Crippen LogP contribution in [0.1, 0.15) is 12.1 Å². The van der Waals surface area contributed by atoms with Gasteiger partial charge in [0.25, 0.3) is 0 Å². The van der Waals surface area contributed by atoms with E-state index in [2.05, 4.69) is 10.6 Å². The minimum Gasteiger partial charge on any atom is -0.497 e. The third-order valence-corrected chi connectivity index (χ3v) is 7.67. The number of nitrogens with one attached hydrogen (secondary N) is 2. The summed E-state index contributed by atoms with van der Waals surface area (Å²) in [7, 11) is 3.16. The summed E-state index contributed by atoms with van der Waals surface area (Å²) < 4.78 is 11.8. The summed E-state index contributed by atoms with van der Waals surface area (Å²) in [5.74, 6) is 1.57. The first kappa shape index (κ1) is 25.2. The van der Waals surface area contributed by atoms with Gasteiger partial charge in [0.05, 0.1) is 53.5 Å². The Kier molecular flexibility index (Phi) is 7.11. The summed E-state index contributed by atoms with van der Waals surface area (Å²) in [4.78, 5) is 14.3. The van der Waals surface area contributed by atoms with Crippen LogP contribution in [-0.4, -0.2) is 69.3 Å². The van der Waals surface area contributed by atoms with E-state index in [0.717, 1.165) is 15.2 Å².